The van der Waals surface area contributed by atoms with Gasteiger partial charge < -0.3 is 9.84 Å². The van der Waals surface area contributed by atoms with Crippen molar-refractivity contribution >= 4 is 40.7 Å². The number of carboxylic acid groups (broad SMARTS) is 1. The van der Waals surface area contributed by atoms with Crippen LogP contribution in [0.25, 0.3) is 33.0 Å². The lowest BCUT2D eigenvalue weighted by Crippen LogP contribution is -2.04. The Balaban J connectivity index is 1.77. The Morgan fingerprint density at radius 3 is 2.52 bits per heavy atom. The van der Waals surface area contributed by atoms with Crippen molar-refractivity contribution < 1.29 is 14.6 Å². The fourth-order valence-corrected chi connectivity index (χ4v) is 4.19. The number of rotatable bonds is 4. The molecule has 1 aromatic heterocycles. The first kappa shape index (κ1) is 20.9. The van der Waals surface area contributed by atoms with E-state index in [-0.39, 0.29) is 5.75 Å². The van der Waals surface area contributed by atoms with Crippen LogP contribution in [-0.4, -0.2) is 16.2 Å². The maximum atomic E-state index is 11.3. The summed E-state index contributed by atoms with van der Waals surface area (Å²) in [5.41, 5.74) is 3.73. The average molecular weight is 467 g/mol. The summed E-state index contributed by atoms with van der Waals surface area (Å²) in [7, 11) is 0. The van der Waals surface area contributed by atoms with Crippen molar-refractivity contribution in [3.05, 3.63) is 81.7 Å². The van der Waals surface area contributed by atoms with E-state index in [4.69, 9.17) is 27.9 Å². The standard InChI is InChI=1S/C23H12Cl2N2O3S/c24-18-8-6-13(9-19(18)25)20-12-31-22(27-20)14-5-7-17(21(10-14)30-23(28)29)16-4-2-1-3-15(16)11-26/h1-10,12H,(H,28,29). The summed E-state index contributed by atoms with van der Waals surface area (Å²) in [6.07, 6.45) is -1.44. The number of nitriles is 1. The number of aromatic nitrogens is 1. The number of hydrogen-bond acceptors (Lipinski definition) is 5. The van der Waals surface area contributed by atoms with Gasteiger partial charge in [-0.15, -0.1) is 11.3 Å². The van der Waals surface area contributed by atoms with Crippen LogP contribution in [0, 0.1) is 11.3 Å². The van der Waals surface area contributed by atoms with Crippen LogP contribution in [0.4, 0.5) is 4.79 Å². The lowest BCUT2D eigenvalue weighted by atomic mass is 9.98. The largest absolute Gasteiger partial charge is 0.511 e. The zero-order chi connectivity index (χ0) is 22.0. The second-order valence-corrected chi connectivity index (χ2v) is 8.08. The number of ether oxygens (including phenoxy) is 1. The minimum Gasteiger partial charge on any atom is -0.449 e. The third kappa shape index (κ3) is 4.39. The number of thiazole rings is 1. The highest BCUT2D eigenvalue weighted by molar-refractivity contribution is 7.13. The second-order valence-electron chi connectivity index (χ2n) is 6.40. The summed E-state index contributed by atoms with van der Waals surface area (Å²) in [6, 6.07) is 19.5. The van der Waals surface area contributed by atoms with Crippen LogP contribution in [0.2, 0.25) is 10.0 Å². The number of carbonyl (C=O) groups is 1. The Kier molecular flexibility index (Phi) is 5.92. The average Bonchev–Trinajstić information content (AvgIpc) is 3.25. The molecule has 0 aliphatic rings. The molecule has 0 aliphatic carbocycles. The maximum absolute atomic E-state index is 11.3. The maximum Gasteiger partial charge on any atom is 0.511 e. The van der Waals surface area contributed by atoms with Crippen molar-refractivity contribution in [3.8, 4) is 44.8 Å². The molecule has 0 aliphatic heterocycles. The van der Waals surface area contributed by atoms with E-state index in [2.05, 4.69) is 11.1 Å². The van der Waals surface area contributed by atoms with Gasteiger partial charge in [0, 0.05) is 27.6 Å². The van der Waals surface area contributed by atoms with Crippen LogP contribution >= 0.6 is 34.5 Å². The Morgan fingerprint density at radius 1 is 1.00 bits per heavy atom. The first-order valence-electron chi connectivity index (χ1n) is 8.92. The van der Waals surface area contributed by atoms with E-state index in [0.717, 1.165) is 11.3 Å². The molecule has 8 heteroatoms. The van der Waals surface area contributed by atoms with Gasteiger partial charge in [0.15, 0.2) is 0 Å². The van der Waals surface area contributed by atoms with Gasteiger partial charge in [0.25, 0.3) is 0 Å². The molecule has 0 saturated heterocycles. The quantitative estimate of drug-likeness (QED) is 0.250. The topological polar surface area (TPSA) is 83.2 Å². The molecule has 0 radical (unpaired) electrons. The molecule has 0 saturated carbocycles. The van der Waals surface area contributed by atoms with E-state index in [1.54, 1.807) is 48.5 Å². The molecule has 4 rings (SSSR count). The van der Waals surface area contributed by atoms with Gasteiger partial charge in [-0.3, -0.25) is 0 Å². The fourth-order valence-electron chi connectivity index (χ4n) is 3.07. The van der Waals surface area contributed by atoms with E-state index in [1.807, 2.05) is 17.5 Å². The molecule has 4 aromatic rings. The third-order valence-corrected chi connectivity index (χ3v) is 6.11. The first-order valence-corrected chi connectivity index (χ1v) is 10.6. The Bertz CT molecular complexity index is 1340. The summed E-state index contributed by atoms with van der Waals surface area (Å²) in [5.74, 6) is 0.124. The van der Waals surface area contributed by atoms with Gasteiger partial charge in [0.05, 0.1) is 27.4 Å². The summed E-state index contributed by atoms with van der Waals surface area (Å²) in [6.45, 7) is 0. The fraction of sp³-hybridized carbons (Fsp3) is 0. The van der Waals surface area contributed by atoms with Crippen LogP contribution in [0.3, 0.4) is 0 Å². The van der Waals surface area contributed by atoms with Gasteiger partial charge in [-0.05, 0) is 30.3 Å². The van der Waals surface area contributed by atoms with Crippen molar-refractivity contribution in [2.24, 2.45) is 0 Å². The van der Waals surface area contributed by atoms with Gasteiger partial charge in [-0.2, -0.15) is 5.26 Å². The summed E-state index contributed by atoms with van der Waals surface area (Å²) in [5, 5.41) is 22.1. The highest BCUT2D eigenvalue weighted by Crippen LogP contribution is 2.38. The molecule has 0 fully saturated rings. The lowest BCUT2D eigenvalue weighted by molar-refractivity contribution is 0.144. The van der Waals surface area contributed by atoms with E-state index in [1.165, 1.54) is 11.3 Å². The minimum atomic E-state index is -1.44. The molecule has 31 heavy (non-hydrogen) atoms. The molecule has 3 aromatic carbocycles. The molecule has 0 amide bonds. The predicted molar refractivity (Wildman–Crippen MR) is 122 cm³/mol. The molecule has 0 atom stereocenters. The first-order chi connectivity index (χ1) is 15.0. The highest BCUT2D eigenvalue weighted by Gasteiger charge is 2.16. The minimum absolute atomic E-state index is 0.124. The molecule has 1 N–H and O–H groups in total. The smallest absolute Gasteiger partial charge is 0.449 e. The van der Waals surface area contributed by atoms with E-state index >= 15 is 0 Å². The SMILES string of the molecule is N#Cc1ccccc1-c1ccc(-c2nc(-c3ccc(Cl)c(Cl)c3)cs2)cc1OC(=O)O. The number of benzene rings is 3. The molecule has 1 heterocycles. The van der Waals surface area contributed by atoms with Crippen LogP contribution in [0.5, 0.6) is 5.75 Å². The molecule has 5 nitrogen and oxygen atoms in total. The summed E-state index contributed by atoms with van der Waals surface area (Å²) < 4.78 is 5.03. The lowest BCUT2D eigenvalue weighted by Gasteiger charge is -2.11. The van der Waals surface area contributed by atoms with Gasteiger partial charge in [0.1, 0.15) is 10.8 Å². The van der Waals surface area contributed by atoms with Crippen LogP contribution in [0.15, 0.2) is 66.0 Å². The van der Waals surface area contributed by atoms with Gasteiger partial charge in [0.2, 0.25) is 0 Å². The van der Waals surface area contributed by atoms with Crippen molar-refractivity contribution in [3.63, 3.8) is 0 Å². The Morgan fingerprint density at radius 2 is 1.77 bits per heavy atom. The van der Waals surface area contributed by atoms with Crippen molar-refractivity contribution in [1.82, 2.24) is 4.98 Å². The van der Waals surface area contributed by atoms with Gasteiger partial charge in [-0.25, -0.2) is 9.78 Å². The summed E-state index contributed by atoms with van der Waals surface area (Å²) >= 11 is 13.5. The van der Waals surface area contributed by atoms with Crippen molar-refractivity contribution in [2.75, 3.05) is 0 Å². The van der Waals surface area contributed by atoms with Crippen molar-refractivity contribution in [1.29, 1.82) is 5.26 Å². The highest BCUT2D eigenvalue weighted by atomic mass is 35.5. The molecule has 152 valence electrons. The van der Waals surface area contributed by atoms with Crippen LogP contribution in [-0.2, 0) is 0 Å². The van der Waals surface area contributed by atoms with Crippen LogP contribution < -0.4 is 4.74 Å². The van der Waals surface area contributed by atoms with Gasteiger partial charge >= 0.3 is 6.16 Å². The van der Waals surface area contributed by atoms with E-state index in [0.29, 0.717) is 37.3 Å². The molecular weight excluding hydrogens is 455 g/mol. The number of halogens is 2. The van der Waals surface area contributed by atoms with Gasteiger partial charge in [-0.1, -0.05) is 53.5 Å². The Hall–Kier alpha value is -3.37. The van der Waals surface area contributed by atoms with E-state index in [9.17, 15) is 15.2 Å². The Labute approximate surface area is 191 Å². The van der Waals surface area contributed by atoms with Crippen molar-refractivity contribution in [2.45, 2.75) is 0 Å². The van der Waals surface area contributed by atoms with E-state index < -0.39 is 6.16 Å². The number of nitrogens with zero attached hydrogens (tertiary/aromatic N) is 2. The molecule has 0 bridgehead atoms. The zero-order valence-corrected chi connectivity index (χ0v) is 18.0. The monoisotopic (exact) mass is 466 g/mol. The molecule has 0 unspecified atom stereocenters. The number of hydrogen-bond donors (Lipinski definition) is 1. The predicted octanol–water partition coefficient (Wildman–Crippen LogP) is 7.38. The third-order valence-electron chi connectivity index (χ3n) is 4.48. The second kappa shape index (κ2) is 8.78. The van der Waals surface area contributed by atoms with Crippen LogP contribution in [0.1, 0.15) is 5.56 Å². The molecule has 0 spiro atoms. The molecular formula is C23H12Cl2N2O3S. The zero-order valence-electron chi connectivity index (χ0n) is 15.7. The normalized spacial score (nSPS) is 10.5. The summed E-state index contributed by atoms with van der Waals surface area (Å²) in [4.78, 5) is 15.9.